The van der Waals surface area contributed by atoms with Crippen molar-refractivity contribution in [3.05, 3.63) is 35.6 Å². The molecular formula is C12H15FN2O2. The third kappa shape index (κ3) is 4.22. The van der Waals surface area contributed by atoms with Gasteiger partial charge in [-0.1, -0.05) is 19.1 Å². The van der Waals surface area contributed by atoms with Crippen molar-refractivity contribution < 1.29 is 14.0 Å². The second-order valence-corrected chi connectivity index (χ2v) is 3.73. The van der Waals surface area contributed by atoms with E-state index in [1.165, 1.54) is 24.3 Å². The minimum absolute atomic E-state index is 0.101. The predicted octanol–water partition coefficient (Wildman–Crippen LogP) is 0.748. The molecule has 2 amide bonds. The quantitative estimate of drug-likeness (QED) is 0.794. The van der Waals surface area contributed by atoms with Crippen LogP contribution in [0.15, 0.2) is 24.3 Å². The third-order valence-electron chi connectivity index (χ3n) is 2.36. The van der Waals surface area contributed by atoms with E-state index in [1.807, 2.05) is 0 Å². The van der Waals surface area contributed by atoms with E-state index in [1.54, 1.807) is 6.92 Å². The van der Waals surface area contributed by atoms with Crippen LogP contribution in [0.1, 0.15) is 18.9 Å². The lowest BCUT2D eigenvalue weighted by molar-refractivity contribution is -0.127. The van der Waals surface area contributed by atoms with Gasteiger partial charge in [0.05, 0.1) is 6.42 Å². The molecule has 1 rings (SSSR count). The smallest absolute Gasteiger partial charge is 0.239 e. The summed E-state index contributed by atoms with van der Waals surface area (Å²) < 4.78 is 12.6. The van der Waals surface area contributed by atoms with E-state index in [2.05, 4.69) is 5.32 Å². The maximum Gasteiger partial charge on any atom is 0.239 e. The van der Waals surface area contributed by atoms with Crippen molar-refractivity contribution in [1.82, 2.24) is 5.32 Å². The standard InChI is InChI=1S/C12H15FN2O2/c1-2-10(12(14)17)15-11(16)7-8-3-5-9(13)6-4-8/h3-6,10H,2,7H2,1H3,(H2,14,17)(H,15,16)/t10-/m1/s1. The maximum absolute atomic E-state index is 12.6. The average molecular weight is 238 g/mol. The highest BCUT2D eigenvalue weighted by molar-refractivity contribution is 5.87. The van der Waals surface area contributed by atoms with E-state index in [4.69, 9.17) is 5.73 Å². The summed E-state index contributed by atoms with van der Waals surface area (Å²) in [4.78, 5) is 22.5. The topological polar surface area (TPSA) is 72.2 Å². The van der Waals surface area contributed by atoms with Gasteiger partial charge in [-0.25, -0.2) is 4.39 Å². The normalized spacial score (nSPS) is 11.9. The lowest BCUT2D eigenvalue weighted by atomic mass is 10.1. The van der Waals surface area contributed by atoms with Gasteiger partial charge in [-0.05, 0) is 24.1 Å². The molecule has 0 spiro atoms. The number of benzene rings is 1. The molecule has 1 aromatic carbocycles. The first kappa shape index (κ1) is 13.2. The molecule has 4 nitrogen and oxygen atoms in total. The molecule has 92 valence electrons. The molecule has 5 heteroatoms. The number of hydrogen-bond donors (Lipinski definition) is 2. The SMILES string of the molecule is CC[C@@H](NC(=O)Cc1ccc(F)cc1)C(N)=O. The molecule has 0 saturated carbocycles. The molecule has 1 atom stereocenters. The molecule has 0 aromatic heterocycles. The molecule has 0 fully saturated rings. The van der Waals surface area contributed by atoms with E-state index in [0.717, 1.165) is 0 Å². The van der Waals surface area contributed by atoms with Gasteiger partial charge in [0.1, 0.15) is 11.9 Å². The molecule has 0 unspecified atom stereocenters. The molecule has 0 aliphatic carbocycles. The fourth-order valence-corrected chi connectivity index (χ4v) is 1.41. The van der Waals surface area contributed by atoms with Crippen molar-refractivity contribution in [3.63, 3.8) is 0 Å². The van der Waals surface area contributed by atoms with Crippen molar-refractivity contribution in [2.24, 2.45) is 5.73 Å². The van der Waals surface area contributed by atoms with Crippen molar-refractivity contribution in [2.75, 3.05) is 0 Å². The van der Waals surface area contributed by atoms with Crippen LogP contribution in [-0.4, -0.2) is 17.9 Å². The lowest BCUT2D eigenvalue weighted by Gasteiger charge is -2.13. The lowest BCUT2D eigenvalue weighted by Crippen LogP contribution is -2.44. The van der Waals surface area contributed by atoms with Crippen LogP contribution in [0.25, 0.3) is 0 Å². The van der Waals surface area contributed by atoms with Crippen LogP contribution in [0.4, 0.5) is 4.39 Å². The Hall–Kier alpha value is -1.91. The van der Waals surface area contributed by atoms with E-state index >= 15 is 0 Å². The maximum atomic E-state index is 12.6. The van der Waals surface area contributed by atoms with Crippen LogP contribution in [0.3, 0.4) is 0 Å². The second kappa shape index (κ2) is 5.98. The Bertz CT molecular complexity index is 403. The van der Waals surface area contributed by atoms with Gasteiger partial charge in [0.15, 0.2) is 0 Å². The summed E-state index contributed by atoms with van der Waals surface area (Å²) in [6, 6.07) is 4.98. The number of carbonyl (C=O) groups excluding carboxylic acids is 2. The fraction of sp³-hybridized carbons (Fsp3) is 0.333. The Balaban J connectivity index is 2.54. The number of hydrogen-bond acceptors (Lipinski definition) is 2. The molecule has 0 aliphatic heterocycles. The monoisotopic (exact) mass is 238 g/mol. The summed E-state index contributed by atoms with van der Waals surface area (Å²) in [6.07, 6.45) is 0.550. The van der Waals surface area contributed by atoms with Crippen LogP contribution in [0.2, 0.25) is 0 Å². The summed E-state index contributed by atoms with van der Waals surface area (Å²) in [5.41, 5.74) is 5.79. The van der Waals surface area contributed by atoms with Gasteiger partial charge >= 0.3 is 0 Å². The molecule has 0 heterocycles. The summed E-state index contributed by atoms with van der Waals surface area (Å²) in [5.74, 6) is -1.21. The summed E-state index contributed by atoms with van der Waals surface area (Å²) >= 11 is 0. The highest BCUT2D eigenvalue weighted by Crippen LogP contribution is 2.03. The number of amides is 2. The number of nitrogens with two attached hydrogens (primary N) is 1. The number of primary amides is 1. The van der Waals surface area contributed by atoms with Gasteiger partial charge in [-0.2, -0.15) is 0 Å². The minimum Gasteiger partial charge on any atom is -0.368 e. The van der Waals surface area contributed by atoms with E-state index in [-0.39, 0.29) is 18.1 Å². The van der Waals surface area contributed by atoms with Crippen molar-refractivity contribution in [3.8, 4) is 0 Å². The molecule has 1 aromatic rings. The molecule has 17 heavy (non-hydrogen) atoms. The number of halogens is 1. The average Bonchev–Trinajstić information content (AvgIpc) is 2.28. The Morgan fingerprint density at radius 1 is 1.35 bits per heavy atom. The summed E-state index contributed by atoms with van der Waals surface area (Å²) in [7, 11) is 0. The molecule has 0 aliphatic rings. The summed E-state index contributed by atoms with van der Waals surface area (Å²) in [5, 5.41) is 2.52. The van der Waals surface area contributed by atoms with Crippen molar-refractivity contribution in [2.45, 2.75) is 25.8 Å². The van der Waals surface area contributed by atoms with Crippen LogP contribution in [-0.2, 0) is 16.0 Å². The third-order valence-corrected chi connectivity index (χ3v) is 2.36. The zero-order chi connectivity index (χ0) is 12.8. The zero-order valence-electron chi connectivity index (χ0n) is 9.57. The Labute approximate surface area is 99.0 Å². The van der Waals surface area contributed by atoms with Crippen LogP contribution in [0.5, 0.6) is 0 Å². The second-order valence-electron chi connectivity index (χ2n) is 3.73. The predicted molar refractivity (Wildman–Crippen MR) is 61.5 cm³/mol. The highest BCUT2D eigenvalue weighted by atomic mass is 19.1. The first-order valence-corrected chi connectivity index (χ1v) is 5.36. The molecule has 3 N–H and O–H groups in total. The molecular weight excluding hydrogens is 223 g/mol. The first-order valence-electron chi connectivity index (χ1n) is 5.36. The number of nitrogens with one attached hydrogen (secondary N) is 1. The minimum atomic E-state index is -0.650. The van der Waals surface area contributed by atoms with Crippen molar-refractivity contribution >= 4 is 11.8 Å². The Kier molecular flexibility index (Phi) is 4.63. The van der Waals surface area contributed by atoms with Gasteiger partial charge in [0.2, 0.25) is 11.8 Å². The van der Waals surface area contributed by atoms with E-state index < -0.39 is 11.9 Å². The molecule has 0 bridgehead atoms. The van der Waals surface area contributed by atoms with Gasteiger partial charge in [-0.3, -0.25) is 9.59 Å². The number of rotatable bonds is 5. The van der Waals surface area contributed by atoms with Crippen molar-refractivity contribution in [1.29, 1.82) is 0 Å². The number of carbonyl (C=O) groups is 2. The van der Waals surface area contributed by atoms with Crippen LogP contribution >= 0.6 is 0 Å². The fourth-order valence-electron chi connectivity index (χ4n) is 1.41. The Morgan fingerprint density at radius 3 is 2.41 bits per heavy atom. The highest BCUT2D eigenvalue weighted by Gasteiger charge is 2.15. The summed E-state index contributed by atoms with van der Waals surface area (Å²) in [6.45, 7) is 1.76. The Morgan fingerprint density at radius 2 is 1.94 bits per heavy atom. The van der Waals surface area contributed by atoms with Gasteiger partial charge in [-0.15, -0.1) is 0 Å². The van der Waals surface area contributed by atoms with Crippen LogP contribution < -0.4 is 11.1 Å². The van der Waals surface area contributed by atoms with Gasteiger partial charge in [0.25, 0.3) is 0 Å². The van der Waals surface area contributed by atoms with Gasteiger partial charge < -0.3 is 11.1 Å². The first-order chi connectivity index (χ1) is 8.02. The molecule has 0 radical (unpaired) electrons. The largest absolute Gasteiger partial charge is 0.368 e. The van der Waals surface area contributed by atoms with E-state index in [9.17, 15) is 14.0 Å². The van der Waals surface area contributed by atoms with E-state index in [0.29, 0.717) is 12.0 Å². The van der Waals surface area contributed by atoms with Crippen LogP contribution in [0, 0.1) is 5.82 Å². The molecule has 0 saturated heterocycles. The van der Waals surface area contributed by atoms with Gasteiger partial charge in [0, 0.05) is 0 Å². The zero-order valence-corrected chi connectivity index (χ0v) is 9.57.